The lowest BCUT2D eigenvalue weighted by Crippen LogP contribution is -2.33. The molecule has 0 amide bonds. The Bertz CT molecular complexity index is 477. The van der Waals surface area contributed by atoms with Gasteiger partial charge in [-0.25, -0.2) is 0 Å². The first kappa shape index (κ1) is 15.7. The van der Waals surface area contributed by atoms with E-state index in [9.17, 15) is 13.2 Å². The van der Waals surface area contributed by atoms with E-state index in [-0.39, 0.29) is 23.2 Å². The van der Waals surface area contributed by atoms with Crippen LogP contribution >= 0.6 is 12.2 Å². The average Bonchev–Trinajstić information content (AvgIpc) is 2.35. The van der Waals surface area contributed by atoms with E-state index in [4.69, 9.17) is 23.1 Å². The number of rotatable bonds is 4. The molecule has 0 spiro atoms. The second kappa shape index (κ2) is 5.75. The summed E-state index contributed by atoms with van der Waals surface area (Å²) in [7, 11) is 1.66. The van der Waals surface area contributed by atoms with Crippen LogP contribution in [-0.2, 0) is 6.18 Å². The van der Waals surface area contributed by atoms with Crippen molar-refractivity contribution in [3.05, 3.63) is 29.3 Å². The Labute approximate surface area is 114 Å². The Kier molecular flexibility index (Phi) is 4.75. The van der Waals surface area contributed by atoms with Crippen LogP contribution in [0.15, 0.2) is 18.2 Å². The number of anilines is 1. The van der Waals surface area contributed by atoms with Gasteiger partial charge in [0.1, 0.15) is 4.99 Å². The van der Waals surface area contributed by atoms with E-state index in [2.05, 4.69) is 0 Å². The lowest BCUT2D eigenvalue weighted by atomic mass is 10.1. The molecule has 3 nitrogen and oxygen atoms in total. The van der Waals surface area contributed by atoms with Crippen molar-refractivity contribution in [1.82, 2.24) is 0 Å². The van der Waals surface area contributed by atoms with Gasteiger partial charge in [-0.15, -0.1) is 0 Å². The van der Waals surface area contributed by atoms with E-state index in [0.717, 1.165) is 12.1 Å². The summed E-state index contributed by atoms with van der Waals surface area (Å²) in [5.74, 6) is 0. The van der Waals surface area contributed by atoms with E-state index in [1.807, 2.05) is 0 Å². The average molecular weight is 292 g/mol. The van der Waals surface area contributed by atoms with Crippen molar-refractivity contribution in [3.8, 4) is 0 Å². The summed E-state index contributed by atoms with van der Waals surface area (Å²) >= 11 is 4.80. The van der Waals surface area contributed by atoms with E-state index >= 15 is 0 Å². The van der Waals surface area contributed by atoms with Gasteiger partial charge in [-0.05, 0) is 25.1 Å². The van der Waals surface area contributed by atoms with Gasteiger partial charge in [0.15, 0.2) is 0 Å². The second-order valence-corrected chi connectivity index (χ2v) is 4.68. The molecule has 0 saturated heterocycles. The van der Waals surface area contributed by atoms with E-state index in [0.29, 0.717) is 5.69 Å². The van der Waals surface area contributed by atoms with E-state index in [1.54, 1.807) is 18.9 Å². The molecule has 1 rings (SSSR count). The standard InChI is InChI=1S/C12H15F3N2OS/c1-7(6-18)17(2)10-4-3-8(12(13,14)15)5-9(10)11(16)19/h3-5,7,18H,6H2,1-2H3,(H2,16,19). The number of aliphatic hydroxyl groups excluding tert-OH is 1. The minimum absolute atomic E-state index is 0.113. The molecule has 0 aliphatic heterocycles. The topological polar surface area (TPSA) is 49.5 Å². The van der Waals surface area contributed by atoms with Crippen LogP contribution in [0.25, 0.3) is 0 Å². The molecule has 1 aromatic rings. The zero-order chi connectivity index (χ0) is 14.8. The zero-order valence-corrected chi connectivity index (χ0v) is 11.3. The van der Waals surface area contributed by atoms with Crippen LogP contribution in [0.3, 0.4) is 0 Å². The fourth-order valence-corrected chi connectivity index (χ4v) is 1.74. The summed E-state index contributed by atoms with van der Waals surface area (Å²) in [5.41, 5.74) is 5.29. The highest BCUT2D eigenvalue weighted by atomic mass is 32.1. The van der Waals surface area contributed by atoms with Crippen molar-refractivity contribution in [1.29, 1.82) is 0 Å². The Morgan fingerprint density at radius 3 is 2.47 bits per heavy atom. The van der Waals surface area contributed by atoms with Gasteiger partial charge in [0.2, 0.25) is 0 Å². The van der Waals surface area contributed by atoms with Gasteiger partial charge in [0.25, 0.3) is 0 Å². The molecule has 1 atom stereocenters. The maximum atomic E-state index is 12.7. The molecule has 0 heterocycles. The lowest BCUT2D eigenvalue weighted by molar-refractivity contribution is -0.137. The number of halogens is 3. The molecule has 7 heteroatoms. The van der Waals surface area contributed by atoms with E-state index in [1.165, 1.54) is 6.07 Å². The Balaban J connectivity index is 3.31. The number of benzene rings is 1. The summed E-state index contributed by atoms with van der Waals surface area (Å²) in [6, 6.07) is 2.95. The first-order valence-electron chi connectivity index (χ1n) is 5.53. The van der Waals surface area contributed by atoms with Crippen molar-refractivity contribution in [2.75, 3.05) is 18.6 Å². The number of nitrogens with two attached hydrogens (primary N) is 1. The van der Waals surface area contributed by atoms with Crippen LogP contribution in [-0.4, -0.2) is 29.8 Å². The van der Waals surface area contributed by atoms with Crippen LogP contribution in [0.4, 0.5) is 18.9 Å². The van der Waals surface area contributed by atoms with Crippen molar-refractivity contribution >= 4 is 22.9 Å². The minimum atomic E-state index is -4.45. The summed E-state index contributed by atoms with van der Waals surface area (Å²) in [6.07, 6.45) is -4.45. The van der Waals surface area contributed by atoms with Crippen LogP contribution in [0.5, 0.6) is 0 Å². The summed E-state index contributed by atoms with van der Waals surface area (Å²) in [5, 5.41) is 9.09. The van der Waals surface area contributed by atoms with Gasteiger partial charge in [-0.1, -0.05) is 12.2 Å². The molecule has 106 valence electrons. The molecule has 3 N–H and O–H groups in total. The van der Waals surface area contributed by atoms with Crippen LogP contribution < -0.4 is 10.6 Å². The molecule has 0 aliphatic rings. The predicted octanol–water partition coefficient (Wildman–Crippen LogP) is 2.16. The molecule has 0 aliphatic carbocycles. The van der Waals surface area contributed by atoms with Crippen molar-refractivity contribution < 1.29 is 18.3 Å². The largest absolute Gasteiger partial charge is 0.416 e. The van der Waals surface area contributed by atoms with Gasteiger partial charge in [-0.2, -0.15) is 13.2 Å². The van der Waals surface area contributed by atoms with Crippen molar-refractivity contribution in [3.63, 3.8) is 0 Å². The quantitative estimate of drug-likeness (QED) is 0.835. The molecule has 19 heavy (non-hydrogen) atoms. The Hall–Kier alpha value is -1.34. The molecule has 1 unspecified atom stereocenters. The van der Waals surface area contributed by atoms with E-state index < -0.39 is 11.7 Å². The molecule has 0 saturated carbocycles. The Morgan fingerprint density at radius 1 is 1.47 bits per heavy atom. The highest BCUT2D eigenvalue weighted by Gasteiger charge is 2.31. The van der Waals surface area contributed by atoms with Crippen LogP contribution in [0.2, 0.25) is 0 Å². The maximum absolute atomic E-state index is 12.7. The summed E-state index contributed by atoms with van der Waals surface area (Å²) < 4.78 is 38.0. The third kappa shape index (κ3) is 3.57. The highest BCUT2D eigenvalue weighted by molar-refractivity contribution is 7.80. The third-order valence-corrected chi connectivity index (χ3v) is 3.11. The summed E-state index contributed by atoms with van der Waals surface area (Å²) in [4.78, 5) is 1.52. The fourth-order valence-electron chi connectivity index (χ4n) is 1.58. The molecule has 0 bridgehead atoms. The highest BCUT2D eigenvalue weighted by Crippen LogP contribution is 2.33. The van der Waals surface area contributed by atoms with Crippen molar-refractivity contribution in [2.45, 2.75) is 19.1 Å². The van der Waals surface area contributed by atoms with Gasteiger partial charge < -0.3 is 15.7 Å². The first-order valence-corrected chi connectivity index (χ1v) is 5.94. The smallest absolute Gasteiger partial charge is 0.394 e. The van der Waals surface area contributed by atoms with Crippen LogP contribution in [0.1, 0.15) is 18.1 Å². The van der Waals surface area contributed by atoms with Crippen molar-refractivity contribution in [2.24, 2.45) is 5.73 Å². The number of hydrogen-bond acceptors (Lipinski definition) is 3. The molecule has 0 fully saturated rings. The normalized spacial score (nSPS) is 13.2. The van der Waals surface area contributed by atoms with Gasteiger partial charge in [0.05, 0.1) is 12.2 Å². The van der Waals surface area contributed by atoms with Gasteiger partial charge >= 0.3 is 6.18 Å². The second-order valence-electron chi connectivity index (χ2n) is 4.24. The Morgan fingerprint density at radius 2 is 2.05 bits per heavy atom. The molecular formula is C12H15F3N2OS. The van der Waals surface area contributed by atoms with Gasteiger partial charge in [0, 0.05) is 24.3 Å². The number of alkyl halides is 3. The SMILES string of the molecule is CC(CO)N(C)c1ccc(C(F)(F)F)cc1C(N)=S. The van der Waals surface area contributed by atoms with Crippen LogP contribution in [0, 0.1) is 0 Å². The maximum Gasteiger partial charge on any atom is 0.416 e. The molecule has 0 aromatic heterocycles. The third-order valence-electron chi connectivity index (χ3n) is 2.89. The molecule has 0 radical (unpaired) electrons. The van der Waals surface area contributed by atoms with Gasteiger partial charge in [-0.3, -0.25) is 0 Å². The number of thiocarbonyl (C=S) groups is 1. The molecule has 1 aromatic carbocycles. The lowest BCUT2D eigenvalue weighted by Gasteiger charge is -2.28. The number of nitrogens with zero attached hydrogens (tertiary/aromatic N) is 1. The molecular weight excluding hydrogens is 277 g/mol. The summed E-state index contributed by atoms with van der Waals surface area (Å²) in [6.45, 7) is 1.61. The number of hydrogen-bond donors (Lipinski definition) is 2. The number of likely N-dealkylation sites (N-methyl/N-ethyl adjacent to an activating group) is 1. The number of aliphatic hydroxyl groups is 1. The fraction of sp³-hybridized carbons (Fsp3) is 0.417. The monoisotopic (exact) mass is 292 g/mol. The minimum Gasteiger partial charge on any atom is -0.394 e. The predicted molar refractivity (Wildman–Crippen MR) is 72.3 cm³/mol. The first-order chi connectivity index (χ1) is 8.68. The zero-order valence-electron chi connectivity index (χ0n) is 10.5.